The molecular weight excluding hydrogens is 751 g/mol. The predicted molar refractivity (Wildman–Crippen MR) is 209 cm³/mol. The third-order valence-corrected chi connectivity index (χ3v) is 34.1. The van der Waals surface area contributed by atoms with Gasteiger partial charge in [-0.2, -0.15) is 0 Å². The van der Waals surface area contributed by atoms with Gasteiger partial charge in [-0.1, -0.05) is 0 Å². The molecule has 2 unspecified atom stereocenters. The van der Waals surface area contributed by atoms with Gasteiger partial charge in [0, 0.05) is 0 Å². The molecule has 0 amide bonds. The molecule has 2 aliphatic rings. The monoisotopic (exact) mass is 800 g/mol. The topological polar surface area (TPSA) is 0 Å². The van der Waals surface area contributed by atoms with Crippen LogP contribution in [0.25, 0.3) is 34.4 Å². The number of fused-ring (bicyclic) bond motifs is 2. The first-order valence-corrected chi connectivity index (χ1v) is 33.4. The molecule has 48 heavy (non-hydrogen) atoms. The molecule has 0 spiro atoms. The van der Waals surface area contributed by atoms with Crippen LogP contribution in [-0.2, 0) is 20.4 Å². The molecule has 6 heteroatoms. The summed E-state index contributed by atoms with van der Waals surface area (Å²) < 4.78 is 1.33. The quantitative estimate of drug-likeness (QED) is 0.210. The second-order valence-corrected chi connectivity index (χ2v) is 43.8. The Balaban J connectivity index is 0.00000260. The molecule has 0 N–H and O–H groups in total. The van der Waals surface area contributed by atoms with Crippen molar-refractivity contribution in [3.63, 3.8) is 0 Å². The Labute approximate surface area is 313 Å². The molecule has 0 aromatic heterocycles. The van der Waals surface area contributed by atoms with Crippen molar-refractivity contribution in [2.45, 2.75) is 86.3 Å². The summed E-state index contributed by atoms with van der Waals surface area (Å²) in [6.07, 6.45) is 7.57. The predicted octanol–water partition coefficient (Wildman–Crippen LogP) is 5.38. The smallest absolute Gasteiger partial charge is 1.00 e. The average Bonchev–Trinajstić information content (AvgIpc) is 3.59. The van der Waals surface area contributed by atoms with Crippen LogP contribution in [-0.4, -0.2) is 21.6 Å². The molecular formula is C42H52Cl2Si3Zr. The molecule has 2 atom stereocenters. The fourth-order valence-electron chi connectivity index (χ4n) is 7.82. The molecule has 0 bridgehead atoms. The van der Waals surface area contributed by atoms with Gasteiger partial charge in [0.2, 0.25) is 0 Å². The fourth-order valence-corrected chi connectivity index (χ4v) is 30.9. The maximum absolute atomic E-state index is 2.66. The van der Waals surface area contributed by atoms with Gasteiger partial charge in [0.1, 0.15) is 0 Å². The summed E-state index contributed by atoms with van der Waals surface area (Å²) in [6, 6.07) is 33.7. The van der Waals surface area contributed by atoms with Gasteiger partial charge >= 0.3 is 291 Å². The number of benzene rings is 4. The van der Waals surface area contributed by atoms with E-state index in [4.69, 9.17) is 0 Å². The minimum atomic E-state index is -2.16. The molecule has 4 aromatic rings. The van der Waals surface area contributed by atoms with Crippen molar-refractivity contribution < 1.29 is 45.2 Å². The Hall–Kier alpha value is -1.53. The Bertz CT molecular complexity index is 1750. The van der Waals surface area contributed by atoms with E-state index >= 15 is 0 Å². The summed E-state index contributed by atoms with van der Waals surface area (Å²) in [6.45, 7) is 24.8. The van der Waals surface area contributed by atoms with E-state index in [0.29, 0.717) is 7.25 Å². The standard InChI is InChI=1S/2C20H23Si.C2H6Si.2ClH.Zr/c2*1-5-15-13-17-7-6-8-19(20(17)14-15)16-9-11-18(12-10-16)21(2,3)4;1-3-2;;;/h2*6-14H,5H2,1-4H3;1-2H3;2*1H;/q;;;;;+2/p-2. The van der Waals surface area contributed by atoms with Gasteiger partial charge in [-0.25, -0.2) is 0 Å². The van der Waals surface area contributed by atoms with Crippen LogP contribution in [0, 0.1) is 0 Å². The number of allylic oxidation sites excluding steroid dienone is 2. The van der Waals surface area contributed by atoms with E-state index in [9.17, 15) is 0 Å². The van der Waals surface area contributed by atoms with Gasteiger partial charge in [-0.3, -0.25) is 0 Å². The zero-order valence-electron chi connectivity index (χ0n) is 30.6. The van der Waals surface area contributed by atoms with Crippen molar-refractivity contribution in [3.8, 4) is 22.3 Å². The molecule has 4 aromatic carbocycles. The van der Waals surface area contributed by atoms with Gasteiger partial charge < -0.3 is 24.8 Å². The van der Waals surface area contributed by atoms with Crippen molar-refractivity contribution in [1.29, 1.82) is 0 Å². The van der Waals surface area contributed by atoms with Crippen molar-refractivity contribution >= 4 is 44.1 Å². The van der Waals surface area contributed by atoms with Crippen LogP contribution in [0.1, 0.15) is 56.2 Å². The molecule has 0 saturated carbocycles. The van der Waals surface area contributed by atoms with Crippen LogP contribution < -0.4 is 35.2 Å². The zero-order chi connectivity index (χ0) is 33.0. The third kappa shape index (κ3) is 7.41. The number of hydrogen-bond donors (Lipinski definition) is 0. The van der Waals surface area contributed by atoms with Crippen LogP contribution >= 0.6 is 0 Å². The maximum atomic E-state index is 2.66. The molecule has 0 nitrogen and oxygen atoms in total. The van der Waals surface area contributed by atoms with Crippen molar-refractivity contribution in [1.82, 2.24) is 0 Å². The van der Waals surface area contributed by atoms with Crippen molar-refractivity contribution in [2.75, 3.05) is 0 Å². The Kier molecular flexibility index (Phi) is 12.6. The van der Waals surface area contributed by atoms with Crippen LogP contribution in [0.4, 0.5) is 0 Å². The molecule has 0 fully saturated rings. The summed E-state index contributed by atoms with van der Waals surface area (Å²) >= 11 is -2.16. The number of rotatable bonds is 8. The SMILES string of the molecule is CCC1=Cc2c(-c3ccc([Si](C)(C)C)cc3)cccc2[CH]1[Zr+2]([CH]1C(CC)=Cc2c(-c3ccc([Si](C)(C)C)cc3)cccc21)=[Si](C)C.[Cl-].[Cl-]. The largest absolute Gasteiger partial charge is 1.00 e. The van der Waals surface area contributed by atoms with Gasteiger partial charge in [0.05, 0.1) is 0 Å². The zero-order valence-corrected chi connectivity index (χ0v) is 37.5. The van der Waals surface area contributed by atoms with Crippen LogP contribution in [0.2, 0.25) is 52.4 Å². The average molecular weight is 803 g/mol. The first-order valence-electron chi connectivity index (χ1n) is 17.4. The summed E-state index contributed by atoms with van der Waals surface area (Å²) in [4.78, 5) is 0. The normalized spacial score (nSPS) is 16.4. The molecule has 0 heterocycles. The molecule has 2 aliphatic carbocycles. The Morgan fingerprint density at radius 3 is 1.19 bits per heavy atom. The minimum absolute atomic E-state index is 0. The first-order chi connectivity index (χ1) is 21.8. The first kappa shape index (κ1) is 39.3. The Morgan fingerprint density at radius 1 is 0.542 bits per heavy atom. The summed E-state index contributed by atoms with van der Waals surface area (Å²) in [5, 5.41) is 3.08. The third-order valence-electron chi connectivity index (χ3n) is 10.4. The van der Waals surface area contributed by atoms with E-state index in [-0.39, 0.29) is 24.8 Å². The van der Waals surface area contributed by atoms with E-state index in [1.807, 2.05) is 0 Å². The Morgan fingerprint density at radius 2 is 0.896 bits per heavy atom. The second-order valence-electron chi connectivity index (χ2n) is 15.7. The molecule has 0 radical (unpaired) electrons. The molecule has 0 saturated heterocycles. The molecule has 0 aliphatic heterocycles. The van der Waals surface area contributed by atoms with E-state index in [2.05, 4.69) is 163 Å². The summed E-state index contributed by atoms with van der Waals surface area (Å²) in [5.41, 5.74) is 14.9. The fraction of sp³-hybridized carbons (Fsp3) is 0.333. The van der Waals surface area contributed by atoms with Gasteiger partial charge in [0.25, 0.3) is 0 Å². The molecule has 6 rings (SSSR count). The van der Waals surface area contributed by atoms with E-state index in [1.54, 1.807) is 22.3 Å². The van der Waals surface area contributed by atoms with Gasteiger partial charge in [-0.15, -0.1) is 0 Å². The van der Waals surface area contributed by atoms with Gasteiger partial charge in [-0.05, 0) is 0 Å². The number of halogens is 2. The van der Waals surface area contributed by atoms with Crippen molar-refractivity contribution in [2.24, 2.45) is 0 Å². The van der Waals surface area contributed by atoms with E-state index in [1.165, 1.54) is 43.8 Å². The van der Waals surface area contributed by atoms with Crippen LogP contribution in [0.3, 0.4) is 0 Å². The van der Waals surface area contributed by atoms with Crippen LogP contribution in [0.5, 0.6) is 0 Å². The van der Waals surface area contributed by atoms with Crippen LogP contribution in [0.15, 0.2) is 96.1 Å². The van der Waals surface area contributed by atoms with E-state index in [0.717, 1.165) is 12.8 Å². The summed E-state index contributed by atoms with van der Waals surface area (Å²) in [5.74, 6) is 0. The minimum Gasteiger partial charge on any atom is -1.00 e. The van der Waals surface area contributed by atoms with Crippen molar-refractivity contribution in [3.05, 3.63) is 118 Å². The number of hydrogen-bond acceptors (Lipinski definition) is 0. The molecule has 250 valence electrons. The summed E-state index contributed by atoms with van der Waals surface area (Å²) in [7, 11) is -2.66. The maximum Gasteiger partial charge on any atom is -1.00 e. The second kappa shape index (κ2) is 15.4. The van der Waals surface area contributed by atoms with E-state index < -0.39 is 41.9 Å². The van der Waals surface area contributed by atoms with Gasteiger partial charge in [0.15, 0.2) is 0 Å².